The highest BCUT2D eigenvalue weighted by Crippen LogP contribution is 2.23. The first-order chi connectivity index (χ1) is 16.5. The van der Waals surface area contributed by atoms with Gasteiger partial charge in [-0.1, -0.05) is 56.3 Å². The van der Waals surface area contributed by atoms with Crippen molar-refractivity contribution in [3.05, 3.63) is 88.7 Å². The summed E-state index contributed by atoms with van der Waals surface area (Å²) >= 11 is 0. The van der Waals surface area contributed by atoms with Crippen LogP contribution in [0.15, 0.2) is 60.7 Å². The molecule has 0 spiro atoms. The van der Waals surface area contributed by atoms with Gasteiger partial charge in [0.15, 0.2) is 0 Å². The topological polar surface area (TPSA) is 46.5 Å². The molecule has 1 saturated heterocycles. The van der Waals surface area contributed by atoms with Gasteiger partial charge in [-0.15, -0.1) is 0 Å². The number of amides is 1. The number of aromatic nitrogens is 1. The molecule has 0 bridgehead atoms. The molecule has 1 fully saturated rings. The Balaban J connectivity index is 1.53. The van der Waals surface area contributed by atoms with Gasteiger partial charge in [0.2, 0.25) is 0 Å². The number of hydrogen-bond acceptors (Lipinski definition) is 3. The highest BCUT2D eigenvalue weighted by molar-refractivity contribution is 6.05. The van der Waals surface area contributed by atoms with Crippen LogP contribution >= 0.6 is 0 Å². The number of benzene rings is 2. The summed E-state index contributed by atoms with van der Waals surface area (Å²) in [4.78, 5) is 15.8. The first-order valence-electron chi connectivity index (χ1n) is 12.5. The van der Waals surface area contributed by atoms with Gasteiger partial charge in [0.1, 0.15) is 0 Å². The molecule has 0 atom stereocenters. The maximum absolute atomic E-state index is 13.3. The standard InChI is InChI=1S/C29H37N3O2/c1-22(2)25-11-7-12-26(20-25)30-29(33)28-21-27(19-24-9-5-4-6-10-24)32(23(28)3)14-8-13-31-15-17-34-18-16-31/h4-7,9-12,20-22H,8,13-19H2,1-3H3,(H,30,33). The molecule has 0 radical (unpaired) electrons. The lowest BCUT2D eigenvalue weighted by Gasteiger charge is -2.26. The maximum Gasteiger partial charge on any atom is 0.257 e. The fraction of sp³-hybridized carbons (Fsp3) is 0.414. The van der Waals surface area contributed by atoms with Gasteiger partial charge in [-0.2, -0.15) is 0 Å². The minimum atomic E-state index is -0.0420. The van der Waals surface area contributed by atoms with E-state index in [9.17, 15) is 4.79 Å². The van der Waals surface area contributed by atoms with E-state index in [1.807, 2.05) is 18.2 Å². The van der Waals surface area contributed by atoms with Crippen molar-refractivity contribution in [2.45, 2.75) is 46.1 Å². The Morgan fingerprint density at radius 3 is 2.50 bits per heavy atom. The number of ether oxygens (including phenoxy) is 1. The van der Waals surface area contributed by atoms with Gasteiger partial charge in [-0.3, -0.25) is 9.69 Å². The van der Waals surface area contributed by atoms with Gasteiger partial charge in [0.05, 0.1) is 18.8 Å². The Morgan fingerprint density at radius 2 is 1.76 bits per heavy atom. The van der Waals surface area contributed by atoms with E-state index in [0.717, 1.165) is 69.2 Å². The van der Waals surface area contributed by atoms with Gasteiger partial charge in [-0.25, -0.2) is 0 Å². The van der Waals surface area contributed by atoms with Crippen LogP contribution in [0.5, 0.6) is 0 Å². The molecular weight excluding hydrogens is 422 g/mol. The lowest BCUT2D eigenvalue weighted by molar-refractivity contribution is 0.0369. The molecule has 1 aromatic heterocycles. The minimum absolute atomic E-state index is 0.0420. The summed E-state index contributed by atoms with van der Waals surface area (Å²) in [5.74, 6) is 0.378. The summed E-state index contributed by atoms with van der Waals surface area (Å²) in [6, 6.07) is 20.7. The number of morpholine rings is 1. The lowest BCUT2D eigenvalue weighted by atomic mass is 10.0. The van der Waals surface area contributed by atoms with Gasteiger partial charge in [0.25, 0.3) is 5.91 Å². The summed E-state index contributed by atoms with van der Waals surface area (Å²) in [7, 11) is 0. The van der Waals surface area contributed by atoms with Crippen LogP contribution in [0.2, 0.25) is 0 Å². The number of carbonyl (C=O) groups is 1. The number of hydrogen-bond donors (Lipinski definition) is 1. The third-order valence-corrected chi connectivity index (χ3v) is 6.70. The molecule has 1 aliphatic heterocycles. The number of nitrogens with zero attached hydrogens (tertiary/aromatic N) is 2. The SMILES string of the molecule is Cc1c(C(=O)Nc2cccc(C(C)C)c2)cc(Cc2ccccc2)n1CCCN1CCOCC1. The van der Waals surface area contributed by atoms with Crippen LogP contribution in [0, 0.1) is 6.92 Å². The minimum Gasteiger partial charge on any atom is -0.379 e. The van der Waals surface area contributed by atoms with E-state index >= 15 is 0 Å². The van der Waals surface area contributed by atoms with Gasteiger partial charge >= 0.3 is 0 Å². The highest BCUT2D eigenvalue weighted by atomic mass is 16.5. The average Bonchev–Trinajstić information content (AvgIpc) is 3.15. The molecule has 1 aliphatic rings. The molecule has 0 aliphatic carbocycles. The molecule has 2 aromatic carbocycles. The van der Waals surface area contributed by atoms with Crippen molar-refractivity contribution in [1.29, 1.82) is 0 Å². The zero-order chi connectivity index (χ0) is 23.9. The third kappa shape index (κ3) is 6.16. The summed E-state index contributed by atoms with van der Waals surface area (Å²) < 4.78 is 7.82. The highest BCUT2D eigenvalue weighted by Gasteiger charge is 2.19. The van der Waals surface area contributed by atoms with Crippen LogP contribution in [0.25, 0.3) is 0 Å². The molecule has 1 N–H and O–H groups in total. The quantitative estimate of drug-likeness (QED) is 0.461. The van der Waals surface area contributed by atoms with Gasteiger partial charge in [0, 0.05) is 49.7 Å². The first kappa shape index (κ1) is 24.2. The van der Waals surface area contributed by atoms with Crippen molar-refractivity contribution in [2.24, 2.45) is 0 Å². The fourth-order valence-electron chi connectivity index (χ4n) is 4.65. The van der Waals surface area contributed by atoms with E-state index in [-0.39, 0.29) is 5.91 Å². The number of carbonyl (C=O) groups excluding carboxylic acids is 1. The first-order valence-corrected chi connectivity index (χ1v) is 12.5. The zero-order valence-corrected chi connectivity index (χ0v) is 20.7. The van der Waals surface area contributed by atoms with Crippen LogP contribution in [0.1, 0.15) is 59.1 Å². The van der Waals surface area contributed by atoms with Gasteiger partial charge in [-0.05, 0) is 48.6 Å². The summed E-state index contributed by atoms with van der Waals surface area (Å²) in [5.41, 5.74) is 6.30. The van der Waals surface area contributed by atoms with E-state index < -0.39 is 0 Å². The molecule has 0 saturated carbocycles. The molecular formula is C29H37N3O2. The van der Waals surface area contributed by atoms with Gasteiger partial charge < -0.3 is 14.6 Å². The Kier molecular flexibility index (Phi) is 8.20. The van der Waals surface area contributed by atoms with Crippen molar-refractivity contribution in [3.8, 4) is 0 Å². The van der Waals surface area contributed by atoms with Crippen molar-refractivity contribution < 1.29 is 9.53 Å². The van der Waals surface area contributed by atoms with Crippen LogP contribution in [-0.2, 0) is 17.7 Å². The molecule has 5 heteroatoms. The molecule has 2 heterocycles. The molecule has 3 aromatic rings. The van der Waals surface area contributed by atoms with E-state index in [1.54, 1.807) is 0 Å². The maximum atomic E-state index is 13.3. The second kappa shape index (κ2) is 11.5. The molecule has 4 rings (SSSR count). The molecule has 180 valence electrons. The normalized spacial score (nSPS) is 14.5. The number of anilines is 1. The van der Waals surface area contributed by atoms with Crippen molar-refractivity contribution >= 4 is 11.6 Å². The van der Waals surface area contributed by atoms with E-state index in [2.05, 4.69) is 78.0 Å². The lowest BCUT2D eigenvalue weighted by Crippen LogP contribution is -2.37. The van der Waals surface area contributed by atoms with Crippen molar-refractivity contribution in [2.75, 3.05) is 38.2 Å². The Labute approximate surface area is 203 Å². The predicted octanol–water partition coefficient (Wildman–Crippen LogP) is 5.49. The average molecular weight is 460 g/mol. The van der Waals surface area contributed by atoms with Crippen molar-refractivity contribution in [3.63, 3.8) is 0 Å². The molecule has 1 amide bonds. The molecule has 0 unspecified atom stereocenters. The van der Waals surface area contributed by atoms with E-state index in [4.69, 9.17) is 4.74 Å². The number of rotatable bonds is 9. The zero-order valence-electron chi connectivity index (χ0n) is 20.7. The monoisotopic (exact) mass is 459 g/mol. The predicted molar refractivity (Wildman–Crippen MR) is 139 cm³/mol. The number of nitrogens with one attached hydrogen (secondary N) is 1. The van der Waals surface area contributed by atoms with Crippen LogP contribution in [-0.4, -0.2) is 48.2 Å². The molecule has 34 heavy (non-hydrogen) atoms. The summed E-state index contributed by atoms with van der Waals surface area (Å²) in [5, 5.41) is 3.13. The second-order valence-corrected chi connectivity index (χ2v) is 9.49. The smallest absolute Gasteiger partial charge is 0.257 e. The van der Waals surface area contributed by atoms with Crippen LogP contribution in [0.4, 0.5) is 5.69 Å². The van der Waals surface area contributed by atoms with Crippen LogP contribution < -0.4 is 5.32 Å². The van der Waals surface area contributed by atoms with Crippen LogP contribution in [0.3, 0.4) is 0 Å². The largest absolute Gasteiger partial charge is 0.379 e. The summed E-state index contributed by atoms with van der Waals surface area (Å²) in [6.07, 6.45) is 1.87. The molecule has 5 nitrogen and oxygen atoms in total. The second-order valence-electron chi connectivity index (χ2n) is 9.49. The Hall–Kier alpha value is -2.89. The van der Waals surface area contributed by atoms with E-state index in [1.165, 1.54) is 16.8 Å². The third-order valence-electron chi connectivity index (χ3n) is 6.70. The summed E-state index contributed by atoms with van der Waals surface area (Å²) in [6.45, 7) is 12.0. The fourth-order valence-corrected chi connectivity index (χ4v) is 4.65. The Bertz CT molecular complexity index is 1080. The van der Waals surface area contributed by atoms with Crippen molar-refractivity contribution in [1.82, 2.24) is 9.47 Å². The van der Waals surface area contributed by atoms with E-state index in [0.29, 0.717) is 5.92 Å². The Morgan fingerprint density at radius 1 is 1.00 bits per heavy atom.